The molecule has 0 spiro atoms. The van der Waals surface area contributed by atoms with Crippen LogP contribution in [0.5, 0.6) is 0 Å². The summed E-state index contributed by atoms with van der Waals surface area (Å²) in [5.41, 5.74) is 0. The van der Waals surface area contributed by atoms with Gasteiger partial charge in [0.25, 0.3) is 0 Å². The van der Waals surface area contributed by atoms with E-state index >= 15 is 0 Å². The summed E-state index contributed by atoms with van der Waals surface area (Å²) >= 11 is 0. The topological polar surface area (TPSA) is 169 Å². The Morgan fingerprint density at radius 2 is 1.23 bits per heavy atom. The zero-order valence-corrected chi connectivity index (χ0v) is 11.8. The molecular weight excluding hydrogens is 304 g/mol. The molecule has 2 saturated heterocycles. The number of aliphatic hydroxyl groups is 7. The third kappa shape index (κ3) is 3.26. The molecule has 2 heterocycles. The lowest BCUT2D eigenvalue weighted by molar-refractivity contribution is -0.373. The van der Waals surface area contributed by atoms with E-state index < -0.39 is 68.0 Å². The van der Waals surface area contributed by atoms with Crippen LogP contribution in [-0.2, 0) is 14.2 Å². The van der Waals surface area contributed by atoms with Gasteiger partial charge in [-0.25, -0.2) is 0 Å². The summed E-state index contributed by atoms with van der Waals surface area (Å²) < 4.78 is 15.5. The number of hydrogen-bond donors (Lipinski definition) is 7. The van der Waals surface area contributed by atoms with E-state index in [9.17, 15) is 30.6 Å². The Kier molecular flexibility index (Phi) is 5.72. The molecule has 0 aromatic heterocycles. The molecule has 2 aliphatic heterocycles. The fourth-order valence-electron chi connectivity index (χ4n) is 2.44. The highest BCUT2D eigenvalue weighted by atomic mass is 16.8. The summed E-state index contributed by atoms with van der Waals surface area (Å²) in [5.74, 6) is 0. The Morgan fingerprint density at radius 1 is 0.727 bits per heavy atom. The van der Waals surface area contributed by atoms with Gasteiger partial charge in [0.05, 0.1) is 12.7 Å². The van der Waals surface area contributed by atoms with Gasteiger partial charge in [0.15, 0.2) is 12.6 Å². The molecule has 2 rings (SSSR count). The SMILES string of the molecule is C[C@H]1OC(O[C@@H]2O[C@H](CO)[C@@H](O)[C@H](O)[C@H]2O)[C@@H](O)[C@@H](O)[C@@H]1O. The van der Waals surface area contributed by atoms with E-state index in [0.717, 1.165) is 0 Å². The second-order valence-corrected chi connectivity index (χ2v) is 5.51. The quantitative estimate of drug-likeness (QED) is 0.269. The van der Waals surface area contributed by atoms with Crippen molar-refractivity contribution in [3.63, 3.8) is 0 Å². The molecule has 0 aromatic carbocycles. The molecule has 1 unspecified atom stereocenters. The molecule has 0 aliphatic carbocycles. The molecule has 0 bridgehead atoms. The van der Waals surface area contributed by atoms with Gasteiger partial charge in [-0.05, 0) is 6.92 Å². The van der Waals surface area contributed by atoms with Gasteiger partial charge >= 0.3 is 0 Å². The minimum atomic E-state index is -1.66. The molecule has 0 saturated carbocycles. The predicted molar refractivity (Wildman–Crippen MR) is 67.2 cm³/mol. The van der Waals surface area contributed by atoms with Gasteiger partial charge in [-0.1, -0.05) is 0 Å². The molecule has 10 heteroatoms. The van der Waals surface area contributed by atoms with Crippen LogP contribution in [0, 0.1) is 0 Å². The summed E-state index contributed by atoms with van der Waals surface area (Å²) in [6, 6.07) is 0. The largest absolute Gasteiger partial charge is 0.394 e. The maximum Gasteiger partial charge on any atom is 0.189 e. The molecular formula is C12H22O10. The van der Waals surface area contributed by atoms with E-state index in [0.29, 0.717) is 0 Å². The molecule has 2 aliphatic rings. The number of ether oxygens (including phenoxy) is 3. The highest BCUT2D eigenvalue weighted by Crippen LogP contribution is 2.27. The van der Waals surface area contributed by atoms with Crippen LogP contribution < -0.4 is 0 Å². The fourth-order valence-corrected chi connectivity index (χ4v) is 2.44. The van der Waals surface area contributed by atoms with Gasteiger partial charge in [-0.15, -0.1) is 0 Å². The first-order chi connectivity index (χ1) is 10.3. The van der Waals surface area contributed by atoms with E-state index in [1.807, 2.05) is 0 Å². The molecule has 10 atom stereocenters. The van der Waals surface area contributed by atoms with Gasteiger partial charge in [-0.3, -0.25) is 0 Å². The fraction of sp³-hybridized carbons (Fsp3) is 1.00. The molecule has 130 valence electrons. The number of rotatable bonds is 3. The Balaban J connectivity index is 2.05. The molecule has 22 heavy (non-hydrogen) atoms. The highest BCUT2D eigenvalue weighted by molar-refractivity contribution is 4.91. The van der Waals surface area contributed by atoms with Crippen LogP contribution in [0.4, 0.5) is 0 Å². The zero-order chi connectivity index (χ0) is 16.6. The van der Waals surface area contributed by atoms with Crippen molar-refractivity contribution in [2.45, 2.75) is 68.3 Å². The maximum absolute atomic E-state index is 9.83. The van der Waals surface area contributed by atoms with Gasteiger partial charge in [0.2, 0.25) is 0 Å². The van der Waals surface area contributed by atoms with Crippen molar-refractivity contribution in [3.05, 3.63) is 0 Å². The Labute approximate surface area is 126 Å². The standard InChI is InChI=1S/C12H22O10/c1-3-5(14)7(16)9(18)11(20-3)22-12-10(19)8(17)6(15)4(2-13)21-12/h3-19H,2H2,1H3/t3-,4-,5-,6-,7+,8+,9+,10-,11?,12+/m1/s1. The van der Waals surface area contributed by atoms with Crippen molar-refractivity contribution in [2.75, 3.05) is 6.61 Å². The lowest BCUT2D eigenvalue weighted by Crippen LogP contribution is -2.63. The van der Waals surface area contributed by atoms with Crippen LogP contribution in [0.2, 0.25) is 0 Å². The van der Waals surface area contributed by atoms with Gasteiger partial charge in [0, 0.05) is 0 Å². The minimum Gasteiger partial charge on any atom is -0.394 e. The average molecular weight is 326 g/mol. The van der Waals surface area contributed by atoms with E-state index in [2.05, 4.69) is 0 Å². The van der Waals surface area contributed by atoms with E-state index in [1.54, 1.807) is 0 Å². The molecule has 0 aromatic rings. The lowest BCUT2D eigenvalue weighted by Gasteiger charge is -2.44. The molecule has 0 radical (unpaired) electrons. The van der Waals surface area contributed by atoms with E-state index in [-0.39, 0.29) is 0 Å². The third-order valence-electron chi connectivity index (χ3n) is 3.93. The summed E-state index contributed by atoms with van der Waals surface area (Å²) in [4.78, 5) is 0. The van der Waals surface area contributed by atoms with Crippen molar-refractivity contribution < 1.29 is 50.0 Å². The van der Waals surface area contributed by atoms with Gasteiger partial charge in [0.1, 0.15) is 42.7 Å². The summed E-state index contributed by atoms with van der Waals surface area (Å²) in [7, 11) is 0. The second kappa shape index (κ2) is 7.01. The maximum atomic E-state index is 9.83. The summed E-state index contributed by atoms with van der Waals surface area (Å²) in [5, 5.41) is 67.3. The van der Waals surface area contributed by atoms with Crippen LogP contribution in [0.25, 0.3) is 0 Å². The second-order valence-electron chi connectivity index (χ2n) is 5.51. The van der Waals surface area contributed by atoms with Gasteiger partial charge < -0.3 is 50.0 Å². The van der Waals surface area contributed by atoms with Crippen LogP contribution >= 0.6 is 0 Å². The molecule has 2 fully saturated rings. The predicted octanol–water partition coefficient (Wildman–Crippen LogP) is -4.37. The first-order valence-electron chi connectivity index (χ1n) is 6.93. The highest BCUT2D eigenvalue weighted by Gasteiger charge is 2.48. The molecule has 7 N–H and O–H groups in total. The van der Waals surface area contributed by atoms with E-state index in [1.165, 1.54) is 6.92 Å². The summed E-state index contributed by atoms with van der Waals surface area (Å²) in [6.45, 7) is 0.819. The van der Waals surface area contributed by atoms with Crippen molar-refractivity contribution in [1.82, 2.24) is 0 Å². The Hall–Kier alpha value is -0.400. The normalized spacial score (nSPS) is 53.5. The summed E-state index contributed by atoms with van der Waals surface area (Å²) in [6.07, 6.45) is -14.3. The first kappa shape index (κ1) is 17.9. The average Bonchev–Trinajstić information content (AvgIpc) is 2.50. The first-order valence-corrected chi connectivity index (χ1v) is 6.93. The smallest absolute Gasteiger partial charge is 0.189 e. The number of aliphatic hydroxyl groups excluding tert-OH is 7. The lowest BCUT2D eigenvalue weighted by atomic mass is 9.98. The molecule has 10 nitrogen and oxygen atoms in total. The van der Waals surface area contributed by atoms with Crippen LogP contribution in [-0.4, -0.2) is 104 Å². The van der Waals surface area contributed by atoms with Crippen LogP contribution in [0.3, 0.4) is 0 Å². The third-order valence-corrected chi connectivity index (χ3v) is 3.93. The van der Waals surface area contributed by atoms with Crippen LogP contribution in [0.15, 0.2) is 0 Å². The molecule has 0 amide bonds. The number of hydrogen-bond acceptors (Lipinski definition) is 10. The Morgan fingerprint density at radius 3 is 1.77 bits per heavy atom. The minimum absolute atomic E-state index is 0.628. The van der Waals surface area contributed by atoms with Crippen molar-refractivity contribution in [2.24, 2.45) is 0 Å². The van der Waals surface area contributed by atoms with Crippen molar-refractivity contribution >= 4 is 0 Å². The van der Waals surface area contributed by atoms with Crippen molar-refractivity contribution in [1.29, 1.82) is 0 Å². The van der Waals surface area contributed by atoms with Crippen LogP contribution in [0.1, 0.15) is 6.92 Å². The Bertz CT molecular complexity index is 366. The van der Waals surface area contributed by atoms with E-state index in [4.69, 9.17) is 19.3 Å². The van der Waals surface area contributed by atoms with Crippen molar-refractivity contribution in [3.8, 4) is 0 Å². The zero-order valence-electron chi connectivity index (χ0n) is 11.8. The monoisotopic (exact) mass is 326 g/mol. The van der Waals surface area contributed by atoms with Gasteiger partial charge in [-0.2, -0.15) is 0 Å².